The van der Waals surface area contributed by atoms with E-state index in [0.29, 0.717) is 19.1 Å². The van der Waals surface area contributed by atoms with Gasteiger partial charge in [-0.3, -0.25) is 4.79 Å². The van der Waals surface area contributed by atoms with Gasteiger partial charge in [-0.15, -0.1) is 0 Å². The second kappa shape index (κ2) is 14.2. The van der Waals surface area contributed by atoms with Gasteiger partial charge in [-0.25, -0.2) is 0 Å². The van der Waals surface area contributed by atoms with Crippen molar-refractivity contribution in [2.75, 3.05) is 19.6 Å². The van der Waals surface area contributed by atoms with E-state index in [0.717, 1.165) is 56.6 Å². The van der Waals surface area contributed by atoms with Crippen LogP contribution >= 0.6 is 0 Å². The molecule has 0 saturated heterocycles. The normalized spacial score (nSPS) is 15.3. The summed E-state index contributed by atoms with van der Waals surface area (Å²) in [4.78, 5) is 18.2. The molecule has 1 atom stereocenters. The SMILES string of the molecule is CCN(CC)CCCC(C)N(Cc1ccc(OCc2ccccc2)cc1)C(=O)C1CCCCC1. The highest BCUT2D eigenvalue weighted by Crippen LogP contribution is 2.28. The van der Waals surface area contributed by atoms with Gasteiger partial charge in [-0.2, -0.15) is 0 Å². The van der Waals surface area contributed by atoms with E-state index in [1.807, 2.05) is 30.3 Å². The summed E-state index contributed by atoms with van der Waals surface area (Å²) in [6.45, 7) is 11.2. The molecule has 1 saturated carbocycles. The molecular formula is C30H44N2O2. The molecule has 0 radical (unpaired) electrons. The molecule has 1 aliphatic rings. The summed E-state index contributed by atoms with van der Waals surface area (Å²) in [5.74, 6) is 1.43. The Bertz CT molecular complexity index is 827. The molecule has 0 spiro atoms. The summed E-state index contributed by atoms with van der Waals surface area (Å²) in [5, 5.41) is 0. The van der Waals surface area contributed by atoms with Crippen molar-refractivity contribution < 1.29 is 9.53 Å². The van der Waals surface area contributed by atoms with Crippen molar-refractivity contribution in [3.8, 4) is 5.75 Å². The molecule has 2 aromatic carbocycles. The maximum Gasteiger partial charge on any atom is 0.226 e. The fraction of sp³-hybridized carbons (Fsp3) is 0.567. The van der Waals surface area contributed by atoms with Crippen LogP contribution in [-0.2, 0) is 17.9 Å². The Morgan fingerprint density at radius 1 is 0.941 bits per heavy atom. The third kappa shape index (κ3) is 8.16. The number of hydrogen-bond donors (Lipinski definition) is 0. The van der Waals surface area contributed by atoms with Gasteiger partial charge in [-0.1, -0.05) is 75.6 Å². The summed E-state index contributed by atoms with van der Waals surface area (Å²) in [5.41, 5.74) is 2.33. The molecule has 1 unspecified atom stereocenters. The van der Waals surface area contributed by atoms with Gasteiger partial charge in [0.1, 0.15) is 12.4 Å². The van der Waals surface area contributed by atoms with Crippen LogP contribution in [0.1, 0.15) is 76.8 Å². The molecule has 4 heteroatoms. The first-order valence-electron chi connectivity index (χ1n) is 13.4. The molecule has 34 heavy (non-hydrogen) atoms. The summed E-state index contributed by atoms with van der Waals surface area (Å²) in [6.07, 6.45) is 7.92. The lowest BCUT2D eigenvalue weighted by atomic mass is 9.87. The quantitative estimate of drug-likeness (QED) is 0.331. The van der Waals surface area contributed by atoms with Gasteiger partial charge in [0.25, 0.3) is 0 Å². The monoisotopic (exact) mass is 464 g/mol. The second-order valence-electron chi connectivity index (χ2n) is 9.74. The number of ether oxygens (including phenoxy) is 1. The average molecular weight is 465 g/mol. The van der Waals surface area contributed by atoms with Crippen LogP contribution in [0.25, 0.3) is 0 Å². The minimum Gasteiger partial charge on any atom is -0.489 e. The van der Waals surface area contributed by atoms with Crippen molar-refractivity contribution in [1.82, 2.24) is 9.80 Å². The van der Waals surface area contributed by atoms with Crippen molar-refractivity contribution in [3.05, 3.63) is 65.7 Å². The Morgan fingerprint density at radius 3 is 2.26 bits per heavy atom. The van der Waals surface area contributed by atoms with Gasteiger partial charge in [0.05, 0.1) is 0 Å². The maximum absolute atomic E-state index is 13.6. The van der Waals surface area contributed by atoms with Crippen molar-refractivity contribution >= 4 is 5.91 Å². The Morgan fingerprint density at radius 2 is 1.62 bits per heavy atom. The van der Waals surface area contributed by atoms with Crippen LogP contribution < -0.4 is 4.74 Å². The number of rotatable bonds is 13. The second-order valence-corrected chi connectivity index (χ2v) is 9.74. The van der Waals surface area contributed by atoms with Gasteiger partial charge in [0.15, 0.2) is 0 Å². The van der Waals surface area contributed by atoms with E-state index < -0.39 is 0 Å². The Hall–Kier alpha value is -2.33. The zero-order valence-corrected chi connectivity index (χ0v) is 21.5. The van der Waals surface area contributed by atoms with Crippen molar-refractivity contribution in [3.63, 3.8) is 0 Å². The van der Waals surface area contributed by atoms with Crippen LogP contribution in [0.5, 0.6) is 5.75 Å². The number of hydrogen-bond acceptors (Lipinski definition) is 3. The van der Waals surface area contributed by atoms with Gasteiger partial charge < -0.3 is 14.5 Å². The predicted octanol–water partition coefficient (Wildman–Crippen LogP) is 6.69. The van der Waals surface area contributed by atoms with E-state index in [1.54, 1.807) is 0 Å². The molecule has 1 fully saturated rings. The molecule has 0 N–H and O–H groups in total. The third-order valence-corrected chi connectivity index (χ3v) is 7.28. The summed E-state index contributed by atoms with van der Waals surface area (Å²) < 4.78 is 5.95. The topological polar surface area (TPSA) is 32.8 Å². The molecule has 4 nitrogen and oxygen atoms in total. The summed E-state index contributed by atoms with van der Waals surface area (Å²) in [6, 6.07) is 18.8. The molecule has 0 aromatic heterocycles. The maximum atomic E-state index is 13.6. The van der Waals surface area contributed by atoms with Crippen LogP contribution in [-0.4, -0.2) is 41.4 Å². The van der Waals surface area contributed by atoms with E-state index in [1.165, 1.54) is 24.8 Å². The number of amides is 1. The number of nitrogens with zero attached hydrogens (tertiary/aromatic N) is 2. The van der Waals surface area contributed by atoms with Gasteiger partial charge in [0.2, 0.25) is 5.91 Å². The van der Waals surface area contributed by atoms with Gasteiger partial charge in [-0.05, 0) is 75.5 Å². The van der Waals surface area contributed by atoms with E-state index >= 15 is 0 Å². The highest BCUT2D eigenvalue weighted by Gasteiger charge is 2.28. The molecule has 1 amide bonds. The molecule has 186 valence electrons. The van der Waals surface area contributed by atoms with Crippen molar-refractivity contribution in [1.29, 1.82) is 0 Å². The zero-order chi connectivity index (χ0) is 24.2. The van der Waals surface area contributed by atoms with E-state index in [2.05, 4.69) is 54.8 Å². The van der Waals surface area contributed by atoms with Crippen LogP contribution in [0.2, 0.25) is 0 Å². The highest BCUT2D eigenvalue weighted by molar-refractivity contribution is 5.79. The van der Waals surface area contributed by atoms with Gasteiger partial charge >= 0.3 is 0 Å². The number of carbonyl (C=O) groups excluding carboxylic acids is 1. The Balaban J connectivity index is 1.61. The third-order valence-electron chi connectivity index (χ3n) is 7.28. The lowest BCUT2D eigenvalue weighted by Gasteiger charge is -2.34. The Labute approximate surface area is 207 Å². The van der Waals surface area contributed by atoms with Crippen LogP contribution in [0, 0.1) is 5.92 Å². The largest absolute Gasteiger partial charge is 0.489 e. The van der Waals surface area contributed by atoms with Gasteiger partial charge in [0, 0.05) is 18.5 Å². The smallest absolute Gasteiger partial charge is 0.226 e. The fourth-order valence-corrected chi connectivity index (χ4v) is 4.97. The summed E-state index contributed by atoms with van der Waals surface area (Å²) in [7, 11) is 0. The van der Waals surface area contributed by atoms with Crippen LogP contribution in [0.4, 0.5) is 0 Å². The summed E-state index contributed by atoms with van der Waals surface area (Å²) >= 11 is 0. The minimum atomic E-state index is 0.201. The molecule has 0 aliphatic heterocycles. The van der Waals surface area contributed by atoms with E-state index in [9.17, 15) is 4.79 Å². The first-order chi connectivity index (χ1) is 16.6. The lowest BCUT2D eigenvalue weighted by molar-refractivity contribution is -0.139. The minimum absolute atomic E-state index is 0.201. The standard InChI is InChI=1S/C30H44N2O2/c1-4-31(5-2)22-12-13-25(3)32(30(33)28-16-10-7-11-17-28)23-26-18-20-29(21-19-26)34-24-27-14-8-6-9-15-27/h6,8-9,14-15,18-21,25,28H,4-5,7,10-13,16-17,22-24H2,1-3H3. The first kappa shape index (κ1) is 26.3. The van der Waals surface area contributed by atoms with E-state index in [-0.39, 0.29) is 12.0 Å². The zero-order valence-electron chi connectivity index (χ0n) is 21.5. The number of benzene rings is 2. The van der Waals surface area contributed by atoms with Crippen LogP contribution in [0.15, 0.2) is 54.6 Å². The Kier molecular flexibility index (Phi) is 10.9. The van der Waals surface area contributed by atoms with E-state index in [4.69, 9.17) is 4.74 Å². The fourth-order valence-electron chi connectivity index (χ4n) is 4.97. The average Bonchev–Trinajstić information content (AvgIpc) is 2.90. The highest BCUT2D eigenvalue weighted by atomic mass is 16.5. The molecule has 0 bridgehead atoms. The molecule has 1 aliphatic carbocycles. The van der Waals surface area contributed by atoms with Crippen molar-refractivity contribution in [2.24, 2.45) is 5.92 Å². The predicted molar refractivity (Wildman–Crippen MR) is 141 cm³/mol. The molecule has 2 aromatic rings. The first-order valence-corrected chi connectivity index (χ1v) is 13.4. The van der Waals surface area contributed by atoms with Crippen molar-refractivity contribution in [2.45, 2.75) is 84.9 Å². The molecule has 3 rings (SSSR count). The lowest BCUT2D eigenvalue weighted by Crippen LogP contribution is -2.42. The number of carbonyl (C=O) groups is 1. The van der Waals surface area contributed by atoms with Crippen LogP contribution in [0.3, 0.4) is 0 Å². The molecule has 0 heterocycles. The molecular weight excluding hydrogens is 420 g/mol.